The first-order valence-electron chi connectivity index (χ1n) is 5.90. The molecule has 0 aliphatic heterocycles. The van der Waals surface area contributed by atoms with Crippen LogP contribution in [0.25, 0.3) is 0 Å². The molecule has 0 aromatic heterocycles. The Balaban J connectivity index is 2.99. The number of carbonyl (C=O) groups excluding carboxylic acids is 1. The molecule has 0 radical (unpaired) electrons. The minimum Gasteiger partial charge on any atom is -0.478 e. The van der Waals surface area contributed by atoms with E-state index in [2.05, 4.69) is 10.1 Å². The van der Waals surface area contributed by atoms with Gasteiger partial charge in [-0.25, -0.2) is 9.59 Å². The number of aromatic carboxylic acids is 1. The van der Waals surface area contributed by atoms with Crippen molar-refractivity contribution >= 4 is 17.7 Å². The normalized spacial score (nSPS) is 11.1. The number of carboxylic acid groups (broad SMARTS) is 1. The average Bonchev–Trinajstić information content (AvgIpc) is 2.27. The highest BCUT2D eigenvalue weighted by atomic mass is 19.3. The van der Waals surface area contributed by atoms with Crippen LogP contribution in [0.1, 0.15) is 31.1 Å². The van der Waals surface area contributed by atoms with Crippen LogP contribution >= 0.6 is 0 Å². The van der Waals surface area contributed by atoms with Gasteiger partial charge in [-0.2, -0.15) is 8.78 Å². The van der Waals surface area contributed by atoms with Gasteiger partial charge in [-0.05, 0) is 39.0 Å². The van der Waals surface area contributed by atoms with Crippen molar-refractivity contribution in [2.75, 3.05) is 5.32 Å². The van der Waals surface area contributed by atoms with E-state index in [1.165, 1.54) is 0 Å². The number of carbonyl (C=O) groups is 2. The van der Waals surface area contributed by atoms with Crippen molar-refractivity contribution in [3.05, 3.63) is 23.8 Å². The Bertz CT molecular complexity index is 540. The summed E-state index contributed by atoms with van der Waals surface area (Å²) in [5.41, 5.74) is -1.13. The van der Waals surface area contributed by atoms with E-state index in [0.717, 1.165) is 18.2 Å². The smallest absolute Gasteiger partial charge is 0.412 e. The third kappa shape index (κ3) is 5.64. The second-order valence-electron chi connectivity index (χ2n) is 5.02. The summed E-state index contributed by atoms with van der Waals surface area (Å²) in [6, 6.07) is 3.18. The zero-order valence-corrected chi connectivity index (χ0v) is 11.6. The number of hydrogen-bond donors (Lipinski definition) is 2. The number of ether oxygens (including phenoxy) is 2. The molecule has 0 saturated heterocycles. The number of rotatable bonds is 4. The molecule has 1 aromatic rings. The molecule has 0 heterocycles. The van der Waals surface area contributed by atoms with Gasteiger partial charge in [0, 0.05) is 0 Å². The van der Waals surface area contributed by atoms with Gasteiger partial charge >= 0.3 is 18.7 Å². The van der Waals surface area contributed by atoms with Crippen molar-refractivity contribution in [1.82, 2.24) is 0 Å². The largest absolute Gasteiger partial charge is 0.478 e. The zero-order valence-electron chi connectivity index (χ0n) is 11.6. The van der Waals surface area contributed by atoms with Gasteiger partial charge in [-0.3, -0.25) is 5.32 Å². The Kier molecular flexibility index (Phi) is 5.07. The first-order valence-corrected chi connectivity index (χ1v) is 5.90. The fraction of sp³-hybridized carbons (Fsp3) is 0.385. The number of anilines is 1. The van der Waals surface area contributed by atoms with Crippen LogP contribution in [-0.2, 0) is 4.74 Å². The summed E-state index contributed by atoms with van der Waals surface area (Å²) in [6.07, 6.45) is -0.871. The van der Waals surface area contributed by atoms with Gasteiger partial charge in [0.25, 0.3) is 0 Å². The minimum absolute atomic E-state index is 0.116. The number of benzene rings is 1. The van der Waals surface area contributed by atoms with Gasteiger partial charge in [0.1, 0.15) is 5.60 Å². The molecule has 2 N–H and O–H groups in total. The highest BCUT2D eigenvalue weighted by Gasteiger charge is 2.19. The second kappa shape index (κ2) is 6.38. The second-order valence-corrected chi connectivity index (χ2v) is 5.02. The lowest BCUT2D eigenvalue weighted by atomic mass is 10.2. The summed E-state index contributed by atoms with van der Waals surface area (Å²) >= 11 is 0. The highest BCUT2D eigenvalue weighted by molar-refractivity contribution is 5.92. The molecule has 21 heavy (non-hydrogen) atoms. The van der Waals surface area contributed by atoms with E-state index in [9.17, 15) is 18.4 Å². The third-order valence-electron chi connectivity index (χ3n) is 2.08. The van der Waals surface area contributed by atoms with E-state index in [-0.39, 0.29) is 11.3 Å². The molecule has 0 aliphatic carbocycles. The number of nitrogens with one attached hydrogen (secondary N) is 1. The standard InChI is InChI=1S/C13H15F2NO5/c1-13(2,3)21-12(19)16-8-5-4-7(10(17)18)6-9(8)20-11(14)15/h4-6,11H,1-3H3,(H,16,19)(H,17,18). The molecule has 116 valence electrons. The third-order valence-corrected chi connectivity index (χ3v) is 2.08. The van der Waals surface area contributed by atoms with E-state index >= 15 is 0 Å². The Labute approximate surface area is 119 Å². The monoisotopic (exact) mass is 303 g/mol. The number of hydrogen-bond acceptors (Lipinski definition) is 4. The summed E-state index contributed by atoms with van der Waals surface area (Å²) in [7, 11) is 0. The quantitative estimate of drug-likeness (QED) is 0.891. The van der Waals surface area contributed by atoms with Crippen LogP contribution in [0.5, 0.6) is 5.75 Å². The lowest BCUT2D eigenvalue weighted by Crippen LogP contribution is -2.27. The van der Waals surface area contributed by atoms with Gasteiger partial charge in [-0.15, -0.1) is 0 Å². The molecule has 0 unspecified atom stereocenters. The van der Waals surface area contributed by atoms with Crippen molar-refractivity contribution in [3.8, 4) is 5.75 Å². The zero-order chi connectivity index (χ0) is 16.2. The van der Waals surface area contributed by atoms with E-state index in [0.29, 0.717) is 0 Å². The molecule has 0 spiro atoms. The molecule has 0 bridgehead atoms. The average molecular weight is 303 g/mol. The SMILES string of the molecule is CC(C)(C)OC(=O)Nc1ccc(C(=O)O)cc1OC(F)F. The maximum absolute atomic E-state index is 12.3. The maximum Gasteiger partial charge on any atom is 0.412 e. The summed E-state index contributed by atoms with van der Waals surface area (Å²) in [5, 5.41) is 11.0. The molecule has 6 nitrogen and oxygen atoms in total. The van der Waals surface area contributed by atoms with Crippen LogP contribution in [0.15, 0.2) is 18.2 Å². The van der Waals surface area contributed by atoms with Crippen molar-refractivity contribution < 1.29 is 33.0 Å². The molecule has 1 aromatic carbocycles. The summed E-state index contributed by atoms with van der Waals surface area (Å²) in [4.78, 5) is 22.4. The first-order chi connectivity index (χ1) is 9.58. The van der Waals surface area contributed by atoms with E-state index in [4.69, 9.17) is 9.84 Å². The molecule has 0 fully saturated rings. The maximum atomic E-state index is 12.3. The number of carboxylic acids is 1. The van der Waals surface area contributed by atoms with Crippen LogP contribution in [0.2, 0.25) is 0 Å². The predicted octanol–water partition coefficient (Wildman–Crippen LogP) is 3.33. The summed E-state index contributed by atoms with van der Waals surface area (Å²) < 4.78 is 33.8. The molecule has 0 saturated carbocycles. The first kappa shape index (κ1) is 16.7. The fourth-order valence-electron chi connectivity index (χ4n) is 1.37. The predicted molar refractivity (Wildman–Crippen MR) is 69.9 cm³/mol. The molecule has 0 aliphatic rings. The Morgan fingerprint density at radius 3 is 2.38 bits per heavy atom. The van der Waals surface area contributed by atoms with Crippen LogP contribution in [0.4, 0.5) is 19.3 Å². The number of amides is 1. The Morgan fingerprint density at radius 2 is 1.90 bits per heavy atom. The Hall–Kier alpha value is -2.38. The minimum atomic E-state index is -3.16. The van der Waals surface area contributed by atoms with Crippen LogP contribution in [0, 0.1) is 0 Å². The molecule has 1 rings (SSSR count). The van der Waals surface area contributed by atoms with Crippen LogP contribution in [0.3, 0.4) is 0 Å². The highest BCUT2D eigenvalue weighted by Crippen LogP contribution is 2.28. The van der Waals surface area contributed by atoms with Crippen molar-refractivity contribution in [3.63, 3.8) is 0 Å². The van der Waals surface area contributed by atoms with Crippen molar-refractivity contribution in [1.29, 1.82) is 0 Å². The van der Waals surface area contributed by atoms with Crippen molar-refractivity contribution in [2.24, 2.45) is 0 Å². The van der Waals surface area contributed by atoms with E-state index in [1.807, 2.05) is 0 Å². The Morgan fingerprint density at radius 1 is 1.29 bits per heavy atom. The van der Waals surface area contributed by atoms with Gasteiger partial charge in [-0.1, -0.05) is 0 Å². The summed E-state index contributed by atoms with van der Waals surface area (Å²) in [6.45, 7) is 1.75. The van der Waals surface area contributed by atoms with E-state index < -0.39 is 30.0 Å². The van der Waals surface area contributed by atoms with Crippen LogP contribution < -0.4 is 10.1 Å². The van der Waals surface area contributed by atoms with Crippen molar-refractivity contribution in [2.45, 2.75) is 33.0 Å². The van der Waals surface area contributed by atoms with E-state index in [1.54, 1.807) is 20.8 Å². The topological polar surface area (TPSA) is 84.9 Å². The van der Waals surface area contributed by atoms with Gasteiger partial charge < -0.3 is 14.6 Å². The van der Waals surface area contributed by atoms with Gasteiger partial charge in [0.2, 0.25) is 0 Å². The lowest BCUT2D eigenvalue weighted by molar-refractivity contribution is -0.0495. The molecule has 8 heteroatoms. The fourth-order valence-corrected chi connectivity index (χ4v) is 1.37. The molecule has 1 amide bonds. The number of alkyl halides is 2. The molecule has 0 atom stereocenters. The van der Waals surface area contributed by atoms with Gasteiger partial charge in [0.05, 0.1) is 11.3 Å². The number of halogens is 2. The van der Waals surface area contributed by atoms with Crippen LogP contribution in [-0.4, -0.2) is 29.4 Å². The summed E-state index contributed by atoms with van der Waals surface area (Å²) in [5.74, 6) is -1.77. The molecular formula is C13H15F2NO5. The molecular weight excluding hydrogens is 288 g/mol. The lowest BCUT2D eigenvalue weighted by Gasteiger charge is -2.20. The van der Waals surface area contributed by atoms with Gasteiger partial charge in [0.15, 0.2) is 5.75 Å².